The summed E-state index contributed by atoms with van der Waals surface area (Å²) in [6.07, 6.45) is 2.73. The molecule has 0 N–H and O–H groups in total. The number of esters is 1. The third-order valence-electron chi connectivity index (χ3n) is 3.87. The average molecular weight is 347 g/mol. The van der Waals surface area contributed by atoms with E-state index in [9.17, 15) is 14.0 Å². The van der Waals surface area contributed by atoms with Gasteiger partial charge in [-0.15, -0.1) is 0 Å². The molecular formula is C17H18FN3O4. The summed E-state index contributed by atoms with van der Waals surface area (Å²) in [7, 11) is 0. The van der Waals surface area contributed by atoms with Crippen LogP contribution in [0.4, 0.5) is 4.39 Å². The predicted octanol–water partition coefficient (Wildman–Crippen LogP) is 1.42. The molecule has 7 nitrogen and oxygen atoms in total. The largest absolute Gasteiger partial charge is 0.451 e. The molecule has 1 aliphatic heterocycles. The Morgan fingerprint density at radius 3 is 2.84 bits per heavy atom. The summed E-state index contributed by atoms with van der Waals surface area (Å²) in [5.74, 6) is -1.31. The van der Waals surface area contributed by atoms with Crippen LogP contribution in [0.3, 0.4) is 0 Å². The Morgan fingerprint density at radius 2 is 2.12 bits per heavy atom. The number of imidazole rings is 1. The van der Waals surface area contributed by atoms with Gasteiger partial charge in [0.05, 0.1) is 25.2 Å². The maximum Gasteiger partial charge on any atom is 0.357 e. The number of carbonyl (C=O) groups is 2. The molecule has 0 saturated carbocycles. The molecule has 1 fully saturated rings. The first-order valence-corrected chi connectivity index (χ1v) is 7.89. The first-order chi connectivity index (χ1) is 12.0. The Kier molecular flexibility index (Phi) is 5.08. The van der Waals surface area contributed by atoms with Crippen molar-refractivity contribution < 1.29 is 23.5 Å². The second-order valence-corrected chi connectivity index (χ2v) is 5.72. The highest BCUT2D eigenvalue weighted by Crippen LogP contribution is 2.13. The highest BCUT2D eigenvalue weighted by molar-refractivity contribution is 5.90. The van der Waals surface area contributed by atoms with Crippen molar-refractivity contribution in [2.45, 2.75) is 13.0 Å². The Balaban J connectivity index is 1.63. The number of hydrogen-bond donors (Lipinski definition) is 0. The number of benzene rings is 1. The van der Waals surface area contributed by atoms with Crippen LogP contribution < -0.4 is 0 Å². The Morgan fingerprint density at radius 1 is 1.36 bits per heavy atom. The topological polar surface area (TPSA) is 73.7 Å². The Labute approximate surface area is 144 Å². The molecule has 2 heterocycles. The van der Waals surface area contributed by atoms with Crippen LogP contribution in [0, 0.1) is 5.82 Å². The summed E-state index contributed by atoms with van der Waals surface area (Å²) in [5, 5.41) is 0. The van der Waals surface area contributed by atoms with Crippen molar-refractivity contribution in [2.75, 3.05) is 26.3 Å². The van der Waals surface area contributed by atoms with Crippen LogP contribution in [0.1, 0.15) is 17.4 Å². The summed E-state index contributed by atoms with van der Waals surface area (Å²) < 4.78 is 25.0. The highest BCUT2D eigenvalue weighted by Gasteiger charge is 2.23. The molecule has 0 spiro atoms. The van der Waals surface area contributed by atoms with E-state index in [2.05, 4.69) is 4.98 Å². The number of ether oxygens (including phenoxy) is 2. The zero-order chi connectivity index (χ0) is 17.8. The zero-order valence-electron chi connectivity index (χ0n) is 13.7. The van der Waals surface area contributed by atoms with Crippen molar-refractivity contribution in [3.63, 3.8) is 0 Å². The van der Waals surface area contributed by atoms with Gasteiger partial charge in [-0.25, -0.2) is 14.2 Å². The Bertz CT molecular complexity index is 760. The number of aromatic nitrogens is 2. The van der Waals surface area contributed by atoms with E-state index in [1.165, 1.54) is 41.4 Å². The van der Waals surface area contributed by atoms with Crippen molar-refractivity contribution >= 4 is 11.9 Å². The fraction of sp³-hybridized carbons (Fsp3) is 0.353. The molecule has 3 rings (SSSR count). The van der Waals surface area contributed by atoms with Gasteiger partial charge in [0, 0.05) is 18.8 Å². The van der Waals surface area contributed by atoms with E-state index in [1.54, 1.807) is 4.90 Å². The molecule has 1 aliphatic rings. The summed E-state index contributed by atoms with van der Waals surface area (Å²) in [5.41, 5.74) is 0.730. The lowest BCUT2D eigenvalue weighted by atomic mass is 10.3. The number of rotatable bonds is 4. The number of halogens is 1. The van der Waals surface area contributed by atoms with Gasteiger partial charge in [-0.2, -0.15) is 0 Å². The number of morpholine rings is 1. The van der Waals surface area contributed by atoms with Gasteiger partial charge >= 0.3 is 5.97 Å². The lowest BCUT2D eigenvalue weighted by molar-refractivity contribution is -0.141. The fourth-order valence-corrected chi connectivity index (χ4v) is 2.59. The van der Waals surface area contributed by atoms with E-state index >= 15 is 0 Å². The van der Waals surface area contributed by atoms with Gasteiger partial charge in [-0.1, -0.05) is 0 Å². The molecular weight excluding hydrogens is 329 g/mol. The molecule has 1 aromatic carbocycles. The molecule has 1 unspecified atom stereocenters. The zero-order valence-corrected chi connectivity index (χ0v) is 13.7. The normalized spacial score (nSPS) is 17.4. The van der Waals surface area contributed by atoms with Gasteiger partial charge in [0.1, 0.15) is 5.82 Å². The molecule has 1 atom stereocenters. The van der Waals surface area contributed by atoms with E-state index in [0.29, 0.717) is 25.4 Å². The maximum atomic E-state index is 13.0. The number of nitrogens with zero attached hydrogens (tertiary/aromatic N) is 3. The molecule has 1 saturated heterocycles. The molecule has 132 valence electrons. The summed E-state index contributed by atoms with van der Waals surface area (Å²) in [6.45, 7) is 2.96. The lowest BCUT2D eigenvalue weighted by Gasteiger charge is -2.30. The van der Waals surface area contributed by atoms with Gasteiger partial charge in [-0.3, -0.25) is 9.36 Å². The van der Waals surface area contributed by atoms with Gasteiger partial charge in [0.15, 0.2) is 12.3 Å². The molecule has 0 radical (unpaired) electrons. The second-order valence-electron chi connectivity index (χ2n) is 5.72. The van der Waals surface area contributed by atoms with E-state index in [0.717, 1.165) is 0 Å². The first-order valence-electron chi connectivity index (χ1n) is 7.89. The van der Waals surface area contributed by atoms with Crippen molar-refractivity contribution in [1.29, 1.82) is 0 Å². The van der Waals surface area contributed by atoms with Crippen LogP contribution >= 0.6 is 0 Å². The van der Waals surface area contributed by atoms with E-state index < -0.39 is 5.97 Å². The van der Waals surface area contributed by atoms with E-state index in [-0.39, 0.29) is 30.1 Å². The number of carbonyl (C=O) groups excluding carboxylic acids is 2. The van der Waals surface area contributed by atoms with E-state index in [4.69, 9.17) is 9.47 Å². The minimum Gasteiger partial charge on any atom is -0.451 e. The minimum atomic E-state index is -0.670. The van der Waals surface area contributed by atoms with Gasteiger partial charge < -0.3 is 14.4 Å². The summed E-state index contributed by atoms with van der Waals surface area (Å²) in [6, 6.07) is 5.61. The molecule has 8 heteroatoms. The lowest BCUT2D eigenvalue weighted by Crippen LogP contribution is -2.46. The van der Waals surface area contributed by atoms with Crippen molar-refractivity contribution in [3.8, 4) is 5.69 Å². The fourth-order valence-electron chi connectivity index (χ4n) is 2.59. The smallest absolute Gasteiger partial charge is 0.357 e. The first kappa shape index (κ1) is 17.1. The molecule has 1 amide bonds. The summed E-state index contributed by atoms with van der Waals surface area (Å²) in [4.78, 5) is 29.9. The van der Waals surface area contributed by atoms with Gasteiger partial charge in [0.2, 0.25) is 0 Å². The molecule has 2 aromatic rings. The molecule has 25 heavy (non-hydrogen) atoms. The predicted molar refractivity (Wildman–Crippen MR) is 85.8 cm³/mol. The summed E-state index contributed by atoms with van der Waals surface area (Å²) >= 11 is 0. The third kappa shape index (κ3) is 4.03. The van der Waals surface area contributed by atoms with Crippen molar-refractivity contribution in [3.05, 3.63) is 48.3 Å². The van der Waals surface area contributed by atoms with Crippen LogP contribution in [-0.2, 0) is 14.3 Å². The number of amides is 1. The van der Waals surface area contributed by atoms with E-state index in [1.807, 2.05) is 6.92 Å². The Hall–Kier alpha value is -2.74. The van der Waals surface area contributed by atoms with Gasteiger partial charge in [-0.05, 0) is 31.2 Å². The average Bonchev–Trinajstić information content (AvgIpc) is 3.10. The highest BCUT2D eigenvalue weighted by atomic mass is 19.1. The molecule has 1 aromatic heterocycles. The van der Waals surface area contributed by atoms with Crippen LogP contribution in [0.5, 0.6) is 0 Å². The van der Waals surface area contributed by atoms with Crippen LogP contribution in [0.15, 0.2) is 36.8 Å². The third-order valence-corrected chi connectivity index (χ3v) is 3.87. The van der Waals surface area contributed by atoms with Gasteiger partial charge in [0.25, 0.3) is 5.91 Å². The second kappa shape index (κ2) is 7.43. The standard InChI is InChI=1S/C17H18FN3O4/c1-12-9-20(6-7-24-12)16(22)10-25-17(23)15-8-19-11-21(15)14-4-2-13(18)3-5-14/h2-5,8,11-12H,6-7,9-10H2,1H3. The van der Waals surface area contributed by atoms with Crippen LogP contribution in [-0.4, -0.2) is 58.7 Å². The maximum absolute atomic E-state index is 13.0. The van der Waals surface area contributed by atoms with Crippen molar-refractivity contribution in [2.24, 2.45) is 0 Å². The molecule has 0 aliphatic carbocycles. The number of hydrogen-bond acceptors (Lipinski definition) is 5. The SMILES string of the molecule is CC1CN(C(=O)COC(=O)c2cncn2-c2ccc(F)cc2)CCO1. The minimum absolute atomic E-state index is 0.0340. The van der Waals surface area contributed by atoms with Crippen LogP contribution in [0.25, 0.3) is 5.69 Å². The van der Waals surface area contributed by atoms with Crippen molar-refractivity contribution in [1.82, 2.24) is 14.5 Å². The van der Waals surface area contributed by atoms with Crippen LogP contribution in [0.2, 0.25) is 0 Å². The monoisotopic (exact) mass is 347 g/mol. The molecule has 0 bridgehead atoms. The quantitative estimate of drug-likeness (QED) is 0.782.